The zero-order valence-electron chi connectivity index (χ0n) is 35.6. The molecule has 10 nitrogen and oxygen atoms in total. The monoisotopic (exact) mass is 864 g/mol. The van der Waals surface area contributed by atoms with Crippen molar-refractivity contribution in [3.63, 3.8) is 0 Å². The van der Waals surface area contributed by atoms with E-state index in [1.54, 1.807) is 45.6 Å². The molecule has 0 saturated carbocycles. The molecule has 0 aliphatic carbocycles. The number of halogens is 6. The minimum atomic E-state index is -4.45. The van der Waals surface area contributed by atoms with E-state index in [9.17, 15) is 40.7 Å². The average Bonchev–Trinajstić information content (AvgIpc) is 3.23. The maximum absolute atomic E-state index is 13.5. The number of esters is 2. The van der Waals surface area contributed by atoms with Gasteiger partial charge in [-0.1, -0.05) is 24.3 Å². The van der Waals surface area contributed by atoms with Crippen LogP contribution in [0.5, 0.6) is 0 Å². The number of carbonyl (C=O) groups is 3. The summed E-state index contributed by atoms with van der Waals surface area (Å²) in [5, 5.41) is 3.23. The van der Waals surface area contributed by atoms with Crippen molar-refractivity contribution >= 4 is 40.6 Å². The Morgan fingerprint density at radius 1 is 0.672 bits per heavy atom. The number of amides is 1. The van der Waals surface area contributed by atoms with E-state index in [0.717, 1.165) is 53.9 Å². The second kappa shape index (κ2) is 20.4. The maximum atomic E-state index is 13.5. The molecule has 0 spiro atoms. The van der Waals surface area contributed by atoms with Gasteiger partial charge in [0.25, 0.3) is 0 Å². The number of rotatable bonds is 8. The van der Waals surface area contributed by atoms with Gasteiger partial charge in [-0.15, -0.1) is 0 Å². The lowest BCUT2D eigenvalue weighted by molar-refractivity contribution is -0.149. The minimum absolute atomic E-state index is 0.173. The van der Waals surface area contributed by atoms with Crippen molar-refractivity contribution in [2.75, 3.05) is 75.4 Å². The number of nitrogens with one attached hydrogen (secondary N) is 1. The molecule has 4 heterocycles. The highest BCUT2D eigenvalue weighted by Gasteiger charge is 2.36. The zero-order chi connectivity index (χ0) is 44.5. The van der Waals surface area contributed by atoms with E-state index in [4.69, 9.17) is 14.2 Å². The summed E-state index contributed by atoms with van der Waals surface area (Å²) in [5.74, 6) is -0.860. The molecule has 1 N–H and O–H groups in total. The maximum Gasteiger partial charge on any atom is 0.416 e. The largest absolute Gasteiger partial charge is 0.466 e. The number of anilines is 2. The SMILES string of the molecule is CCOC(=O)C1CCN(c2cc(C(F)(F)F)ccc2C2=CCN(C(=O)OC(C)(C)C)CC2)CC1.CCOC(=O)C1CCN(c2cc(C(F)(F)F)ccc2C2=CCNCC2)CC1. The molecule has 0 radical (unpaired) electrons. The summed E-state index contributed by atoms with van der Waals surface area (Å²) in [4.78, 5) is 41.9. The number of alkyl halides is 6. The summed E-state index contributed by atoms with van der Waals surface area (Å²) < 4.78 is 95.8. The lowest BCUT2D eigenvalue weighted by Crippen LogP contribution is -2.39. The van der Waals surface area contributed by atoms with Crippen molar-refractivity contribution in [1.29, 1.82) is 0 Å². The molecule has 0 bridgehead atoms. The highest BCUT2D eigenvalue weighted by Crippen LogP contribution is 2.40. The fourth-order valence-electron chi connectivity index (χ4n) is 7.99. The van der Waals surface area contributed by atoms with Gasteiger partial charge in [-0.2, -0.15) is 26.3 Å². The van der Waals surface area contributed by atoms with Gasteiger partial charge in [0.05, 0.1) is 36.2 Å². The van der Waals surface area contributed by atoms with Crippen LogP contribution in [0.4, 0.5) is 42.5 Å². The number of nitrogens with zero attached hydrogens (tertiary/aromatic N) is 3. The van der Waals surface area contributed by atoms with Crippen LogP contribution in [0.25, 0.3) is 11.1 Å². The first-order valence-electron chi connectivity index (χ1n) is 21.1. The van der Waals surface area contributed by atoms with Crippen molar-refractivity contribution in [2.45, 2.75) is 91.1 Å². The normalized spacial score (nSPS) is 18.4. The number of hydrogen-bond acceptors (Lipinski definition) is 9. The van der Waals surface area contributed by atoms with E-state index in [1.807, 2.05) is 22.0 Å². The topological polar surface area (TPSA) is 101 Å². The fourth-order valence-corrected chi connectivity index (χ4v) is 7.99. The number of ether oxygens (including phenoxy) is 3. The molecule has 2 aromatic carbocycles. The van der Waals surface area contributed by atoms with Crippen LogP contribution >= 0.6 is 0 Å². The molecule has 1 amide bonds. The van der Waals surface area contributed by atoms with Crippen LogP contribution in [-0.4, -0.2) is 94.1 Å². The third-order valence-electron chi connectivity index (χ3n) is 11.2. The van der Waals surface area contributed by atoms with Crippen LogP contribution in [0, 0.1) is 11.8 Å². The third kappa shape index (κ3) is 12.9. The van der Waals surface area contributed by atoms with Gasteiger partial charge in [0, 0.05) is 68.3 Å². The lowest BCUT2D eigenvalue weighted by atomic mass is 9.92. The highest BCUT2D eigenvalue weighted by molar-refractivity contribution is 5.81. The fraction of sp³-hybridized carbons (Fsp3) is 0.578. The molecule has 2 aromatic rings. The molecule has 336 valence electrons. The molecule has 2 fully saturated rings. The molecular weight excluding hydrogens is 807 g/mol. The zero-order valence-corrected chi connectivity index (χ0v) is 35.6. The molecule has 4 aliphatic heterocycles. The summed E-state index contributed by atoms with van der Waals surface area (Å²) in [5.41, 5.74) is 2.74. The molecular formula is C45H58F6N4O6. The van der Waals surface area contributed by atoms with Crippen molar-refractivity contribution in [3.05, 3.63) is 70.8 Å². The number of hydrogen-bond donors (Lipinski definition) is 1. The number of benzene rings is 2. The average molecular weight is 865 g/mol. The summed E-state index contributed by atoms with van der Waals surface area (Å²) in [7, 11) is 0. The van der Waals surface area contributed by atoms with Crippen molar-refractivity contribution in [2.24, 2.45) is 11.8 Å². The van der Waals surface area contributed by atoms with Gasteiger partial charge in [0.2, 0.25) is 0 Å². The Labute approximate surface area is 354 Å². The standard InChI is InChI=1S/C25H33F3N2O4.C20H25F3N2O2/c1-5-33-22(31)18-10-12-29(13-11-18)21-16-19(25(26,27)28)6-7-20(21)17-8-14-30(15-9-17)23(32)34-24(2,3)4;1-2-27-19(26)15-7-11-25(12-8-15)18-13-16(20(21,22)23)3-4-17(18)14-5-9-24-10-6-14/h6-8,16,18H,5,9-15H2,1-4H3;3-5,13,15,24H,2,6-12H2,1H3. The molecule has 0 unspecified atom stereocenters. The van der Waals surface area contributed by atoms with Crippen LogP contribution < -0.4 is 15.1 Å². The Morgan fingerprint density at radius 2 is 1.13 bits per heavy atom. The number of piperidine rings is 2. The van der Waals surface area contributed by atoms with Gasteiger partial charge in [0.1, 0.15) is 5.60 Å². The van der Waals surface area contributed by atoms with Crippen molar-refractivity contribution < 1.29 is 54.9 Å². The Balaban J connectivity index is 0.000000237. The van der Waals surface area contributed by atoms with E-state index in [2.05, 4.69) is 5.32 Å². The van der Waals surface area contributed by atoms with Crippen molar-refractivity contribution in [1.82, 2.24) is 10.2 Å². The van der Waals surface area contributed by atoms with E-state index >= 15 is 0 Å². The second-order valence-corrected chi connectivity index (χ2v) is 16.6. The van der Waals surface area contributed by atoms with Crippen LogP contribution in [-0.2, 0) is 36.2 Å². The smallest absolute Gasteiger partial charge is 0.416 e. The Bertz CT molecular complexity index is 1910. The first kappa shape index (κ1) is 47.3. The molecule has 16 heteroatoms. The molecule has 0 atom stereocenters. The minimum Gasteiger partial charge on any atom is -0.466 e. The first-order chi connectivity index (χ1) is 28.8. The van der Waals surface area contributed by atoms with Gasteiger partial charge in [-0.3, -0.25) is 9.59 Å². The first-order valence-corrected chi connectivity index (χ1v) is 21.1. The predicted octanol–water partition coefficient (Wildman–Crippen LogP) is 9.37. The van der Waals surface area contributed by atoms with E-state index in [0.29, 0.717) is 96.0 Å². The Morgan fingerprint density at radius 3 is 1.49 bits per heavy atom. The summed E-state index contributed by atoms with van der Waals surface area (Å²) in [6, 6.07) is 7.82. The quantitative estimate of drug-likeness (QED) is 0.158. The molecule has 0 aromatic heterocycles. The highest BCUT2D eigenvalue weighted by atomic mass is 19.4. The van der Waals surface area contributed by atoms with E-state index in [1.165, 1.54) is 18.2 Å². The molecule has 6 rings (SSSR count). The van der Waals surface area contributed by atoms with E-state index < -0.39 is 35.2 Å². The summed E-state index contributed by atoms with van der Waals surface area (Å²) >= 11 is 0. The number of carbonyl (C=O) groups excluding carboxylic acids is 3. The Kier molecular flexibility index (Phi) is 15.8. The van der Waals surface area contributed by atoms with Crippen molar-refractivity contribution in [3.8, 4) is 0 Å². The summed E-state index contributed by atoms with van der Waals surface area (Å²) in [6.45, 7) is 13.9. The molecule has 2 saturated heterocycles. The van der Waals surface area contributed by atoms with Gasteiger partial charge < -0.3 is 34.2 Å². The van der Waals surface area contributed by atoms with Crippen LogP contribution in [0.1, 0.15) is 95.4 Å². The third-order valence-corrected chi connectivity index (χ3v) is 11.2. The van der Waals surface area contributed by atoms with Gasteiger partial charge in [-0.25, -0.2) is 4.79 Å². The van der Waals surface area contributed by atoms with Gasteiger partial charge in [0.15, 0.2) is 0 Å². The van der Waals surface area contributed by atoms with Gasteiger partial charge >= 0.3 is 30.4 Å². The Hall–Kier alpha value is -4.73. The van der Waals surface area contributed by atoms with Crippen LogP contribution in [0.3, 0.4) is 0 Å². The van der Waals surface area contributed by atoms with E-state index in [-0.39, 0.29) is 23.8 Å². The van der Waals surface area contributed by atoms with Crippen LogP contribution in [0.15, 0.2) is 48.6 Å². The summed E-state index contributed by atoms with van der Waals surface area (Å²) in [6.07, 6.45) is -1.77. The van der Waals surface area contributed by atoms with Crippen LogP contribution in [0.2, 0.25) is 0 Å². The molecule has 61 heavy (non-hydrogen) atoms. The van der Waals surface area contributed by atoms with Gasteiger partial charge in [-0.05, 0) is 115 Å². The molecule has 4 aliphatic rings. The second-order valence-electron chi connectivity index (χ2n) is 16.6. The predicted molar refractivity (Wildman–Crippen MR) is 222 cm³/mol. The lowest BCUT2D eigenvalue weighted by Gasteiger charge is -2.35.